The van der Waals surface area contributed by atoms with Gasteiger partial charge < -0.3 is 5.11 Å². The Bertz CT molecular complexity index is 451. The third-order valence-corrected chi connectivity index (χ3v) is 4.15. The first-order chi connectivity index (χ1) is 8.63. The molecule has 4 heteroatoms. The van der Waals surface area contributed by atoms with Crippen LogP contribution >= 0.6 is 23.2 Å². The predicted octanol–water partition coefficient (Wildman–Crippen LogP) is 4.51. The number of rotatable bonds is 3. The van der Waals surface area contributed by atoms with Gasteiger partial charge in [-0.3, -0.25) is 4.79 Å². The topological polar surface area (TPSA) is 37.3 Å². The number of hydrogen-bond acceptors (Lipinski definition) is 2. The summed E-state index contributed by atoms with van der Waals surface area (Å²) in [5.74, 6) is -0.0543. The Balaban J connectivity index is 2.33. The van der Waals surface area contributed by atoms with E-state index >= 15 is 0 Å². The van der Waals surface area contributed by atoms with Crippen molar-refractivity contribution in [1.82, 2.24) is 0 Å². The summed E-state index contributed by atoms with van der Waals surface area (Å²) < 4.78 is 0. The van der Waals surface area contributed by atoms with Crippen molar-refractivity contribution in [3.63, 3.8) is 0 Å². The number of phenolic OH excluding ortho intramolecular Hbond substituents is 1. The van der Waals surface area contributed by atoms with Crippen molar-refractivity contribution < 1.29 is 9.90 Å². The zero-order chi connectivity index (χ0) is 13.1. The number of carbonyl (C=O) groups is 1. The fourth-order valence-electron chi connectivity index (χ4n) is 2.60. The van der Waals surface area contributed by atoms with E-state index < -0.39 is 0 Å². The molecule has 18 heavy (non-hydrogen) atoms. The Morgan fingerprint density at radius 3 is 2.56 bits per heavy atom. The number of ketones is 1. The lowest BCUT2D eigenvalue weighted by atomic mass is 9.83. The number of carbonyl (C=O) groups excluding carboxylic acids is 1. The van der Waals surface area contributed by atoms with Crippen molar-refractivity contribution in [2.75, 3.05) is 5.88 Å². The van der Waals surface area contributed by atoms with Gasteiger partial charge in [0.2, 0.25) is 0 Å². The van der Waals surface area contributed by atoms with Crippen molar-refractivity contribution in [1.29, 1.82) is 0 Å². The molecule has 0 unspecified atom stereocenters. The Kier molecular flexibility index (Phi) is 4.52. The van der Waals surface area contributed by atoms with Crippen LogP contribution in [0.4, 0.5) is 0 Å². The second-order valence-electron chi connectivity index (χ2n) is 4.78. The van der Waals surface area contributed by atoms with Crippen molar-refractivity contribution in [2.45, 2.75) is 38.0 Å². The zero-order valence-electron chi connectivity index (χ0n) is 10.1. The maximum absolute atomic E-state index is 11.5. The molecule has 1 aliphatic rings. The number of halogens is 2. The number of Topliss-reactive ketones (excluding diaryl/α,β-unsaturated/α-hetero) is 1. The molecule has 1 fully saturated rings. The van der Waals surface area contributed by atoms with Crippen LogP contribution in [0.15, 0.2) is 12.1 Å². The van der Waals surface area contributed by atoms with E-state index in [1.807, 2.05) is 0 Å². The fourth-order valence-corrected chi connectivity index (χ4v) is 3.06. The number of aromatic hydroxyl groups is 1. The van der Waals surface area contributed by atoms with Crippen LogP contribution in [0, 0.1) is 0 Å². The van der Waals surface area contributed by atoms with E-state index in [2.05, 4.69) is 0 Å². The minimum atomic E-state index is -0.300. The molecule has 0 amide bonds. The smallest absolute Gasteiger partial charge is 0.181 e. The Morgan fingerprint density at radius 2 is 1.94 bits per heavy atom. The second kappa shape index (κ2) is 5.94. The Morgan fingerprint density at radius 1 is 1.28 bits per heavy atom. The third kappa shape index (κ3) is 2.81. The molecule has 0 aromatic heterocycles. The van der Waals surface area contributed by atoms with Crippen LogP contribution in [0.3, 0.4) is 0 Å². The summed E-state index contributed by atoms with van der Waals surface area (Å²) in [6, 6.07) is 3.18. The summed E-state index contributed by atoms with van der Waals surface area (Å²) in [6.07, 6.45) is 5.86. The summed E-state index contributed by atoms with van der Waals surface area (Å²) in [6.45, 7) is 0. The highest BCUT2D eigenvalue weighted by atomic mass is 35.5. The van der Waals surface area contributed by atoms with Gasteiger partial charge in [0.1, 0.15) is 5.75 Å². The molecular weight excluding hydrogens is 271 g/mol. The third-order valence-electron chi connectivity index (χ3n) is 3.58. The molecule has 0 heterocycles. The molecular formula is C14H16Cl2O2. The average molecular weight is 287 g/mol. The second-order valence-corrected chi connectivity index (χ2v) is 5.46. The molecule has 0 saturated heterocycles. The van der Waals surface area contributed by atoms with E-state index in [9.17, 15) is 9.90 Å². The highest BCUT2D eigenvalue weighted by Gasteiger charge is 2.21. The van der Waals surface area contributed by atoms with Gasteiger partial charge >= 0.3 is 0 Å². The number of phenols is 1. The lowest BCUT2D eigenvalue weighted by molar-refractivity contribution is 0.101. The van der Waals surface area contributed by atoms with E-state index in [1.165, 1.54) is 19.3 Å². The quantitative estimate of drug-likeness (QED) is 0.655. The van der Waals surface area contributed by atoms with Crippen molar-refractivity contribution in [3.05, 3.63) is 28.3 Å². The summed E-state index contributed by atoms with van der Waals surface area (Å²) in [7, 11) is 0. The van der Waals surface area contributed by atoms with Gasteiger partial charge in [-0.2, -0.15) is 0 Å². The Hall–Kier alpha value is -0.730. The molecule has 0 aliphatic heterocycles. The highest BCUT2D eigenvalue weighted by molar-refractivity contribution is 6.33. The Labute approximate surface area is 117 Å². The van der Waals surface area contributed by atoms with Crippen molar-refractivity contribution in [2.24, 2.45) is 0 Å². The van der Waals surface area contributed by atoms with Gasteiger partial charge in [0.05, 0.1) is 11.4 Å². The van der Waals surface area contributed by atoms with E-state index in [-0.39, 0.29) is 23.0 Å². The summed E-state index contributed by atoms with van der Waals surface area (Å²) in [5, 5.41) is 10.5. The monoisotopic (exact) mass is 286 g/mol. The molecule has 98 valence electrons. The van der Waals surface area contributed by atoms with Gasteiger partial charge in [-0.25, -0.2) is 0 Å². The van der Waals surface area contributed by atoms with Crippen LogP contribution in [0.1, 0.15) is 53.9 Å². The van der Waals surface area contributed by atoms with Crippen molar-refractivity contribution >= 4 is 29.0 Å². The highest BCUT2D eigenvalue weighted by Crippen LogP contribution is 2.39. The molecule has 0 bridgehead atoms. The van der Waals surface area contributed by atoms with E-state index in [0.29, 0.717) is 10.9 Å². The van der Waals surface area contributed by atoms with Crippen LogP contribution in [0.5, 0.6) is 5.75 Å². The normalized spacial score (nSPS) is 16.8. The predicted molar refractivity (Wildman–Crippen MR) is 74.0 cm³/mol. The van der Waals surface area contributed by atoms with Gasteiger partial charge in [0.15, 0.2) is 5.78 Å². The van der Waals surface area contributed by atoms with Gasteiger partial charge in [0, 0.05) is 5.02 Å². The van der Waals surface area contributed by atoms with Crippen LogP contribution in [-0.4, -0.2) is 16.8 Å². The van der Waals surface area contributed by atoms with Crippen molar-refractivity contribution in [3.8, 4) is 5.75 Å². The van der Waals surface area contributed by atoms with Crippen LogP contribution in [0.2, 0.25) is 5.02 Å². The van der Waals surface area contributed by atoms with E-state index in [1.54, 1.807) is 12.1 Å². The van der Waals surface area contributed by atoms with Gasteiger partial charge in [-0.15, -0.1) is 11.6 Å². The molecule has 0 radical (unpaired) electrons. The van der Waals surface area contributed by atoms with Gasteiger partial charge in [-0.05, 0) is 36.5 Å². The van der Waals surface area contributed by atoms with E-state index in [4.69, 9.17) is 23.2 Å². The molecule has 1 saturated carbocycles. The standard InChI is InChI=1S/C14H16Cl2O2/c15-8-14(18)11-6-12(16)10(7-13(11)17)9-4-2-1-3-5-9/h6-7,9,17H,1-5,8H2. The van der Waals surface area contributed by atoms with Crippen LogP contribution in [0.25, 0.3) is 0 Å². The minimum absolute atomic E-state index is 0.00868. The zero-order valence-corrected chi connectivity index (χ0v) is 11.6. The summed E-state index contributed by atoms with van der Waals surface area (Å²) >= 11 is 11.7. The molecule has 2 nitrogen and oxygen atoms in total. The molecule has 0 spiro atoms. The van der Waals surface area contributed by atoms with Crippen LogP contribution in [-0.2, 0) is 0 Å². The molecule has 1 aromatic rings. The largest absolute Gasteiger partial charge is 0.507 e. The fraction of sp³-hybridized carbons (Fsp3) is 0.500. The first-order valence-corrected chi connectivity index (χ1v) is 7.16. The first-order valence-electron chi connectivity index (χ1n) is 6.25. The molecule has 2 rings (SSSR count). The van der Waals surface area contributed by atoms with E-state index in [0.717, 1.165) is 18.4 Å². The lowest BCUT2D eigenvalue weighted by Crippen LogP contribution is -2.07. The lowest BCUT2D eigenvalue weighted by Gasteiger charge is -2.23. The maximum Gasteiger partial charge on any atom is 0.181 e. The average Bonchev–Trinajstić information content (AvgIpc) is 2.41. The number of benzene rings is 1. The maximum atomic E-state index is 11.5. The molecule has 1 N–H and O–H groups in total. The SMILES string of the molecule is O=C(CCl)c1cc(Cl)c(C2CCCCC2)cc1O. The molecule has 0 atom stereocenters. The number of alkyl halides is 1. The minimum Gasteiger partial charge on any atom is -0.507 e. The summed E-state index contributed by atoms with van der Waals surface area (Å²) in [5.41, 5.74) is 1.18. The number of hydrogen-bond donors (Lipinski definition) is 1. The summed E-state index contributed by atoms with van der Waals surface area (Å²) in [4.78, 5) is 11.5. The van der Waals surface area contributed by atoms with Gasteiger partial charge in [-0.1, -0.05) is 30.9 Å². The van der Waals surface area contributed by atoms with Crippen LogP contribution < -0.4 is 0 Å². The molecule has 1 aliphatic carbocycles. The molecule has 1 aromatic carbocycles. The van der Waals surface area contributed by atoms with Gasteiger partial charge in [0.25, 0.3) is 0 Å². The first kappa shape index (κ1) is 13.7.